The molecule has 0 fully saturated rings. The minimum atomic E-state index is -0.849. The van der Waals surface area contributed by atoms with Crippen molar-refractivity contribution < 1.29 is 10.2 Å². The van der Waals surface area contributed by atoms with E-state index in [0.717, 1.165) is 0 Å². The van der Waals surface area contributed by atoms with E-state index in [1.54, 1.807) is 24.3 Å². The number of benzene rings is 1. The van der Waals surface area contributed by atoms with Crippen molar-refractivity contribution in [2.75, 3.05) is 6.61 Å². The lowest BCUT2D eigenvalue weighted by Gasteiger charge is -2.05. The number of hydrogen-bond acceptors (Lipinski definition) is 3. The fourth-order valence-electron chi connectivity index (χ4n) is 0.885. The number of nitriles is 1. The van der Waals surface area contributed by atoms with Crippen molar-refractivity contribution in [3.63, 3.8) is 0 Å². The Kier molecular flexibility index (Phi) is 2.81. The molecule has 1 atom stereocenters. The summed E-state index contributed by atoms with van der Waals surface area (Å²) in [4.78, 5) is 0. The maximum atomic E-state index is 9.16. The van der Waals surface area contributed by atoms with E-state index < -0.39 is 6.10 Å². The van der Waals surface area contributed by atoms with Crippen LogP contribution in [-0.4, -0.2) is 16.8 Å². The summed E-state index contributed by atoms with van der Waals surface area (Å²) in [6, 6.07) is 8.43. The van der Waals surface area contributed by atoms with E-state index >= 15 is 0 Å². The van der Waals surface area contributed by atoms with Crippen LogP contribution in [0.15, 0.2) is 24.3 Å². The van der Waals surface area contributed by atoms with Crippen LogP contribution in [0.5, 0.6) is 0 Å². The van der Waals surface area contributed by atoms with E-state index in [1.165, 1.54) is 0 Å². The standard InChI is InChI=1S/C9H9NO2/c10-5-7-1-3-8(4-2-7)9(12)6-11/h1-4,9,11-12H,6H2/t9-/m0/s1. The molecule has 0 aromatic heterocycles. The van der Waals surface area contributed by atoms with E-state index in [4.69, 9.17) is 15.5 Å². The molecule has 0 aliphatic carbocycles. The number of aliphatic hydroxyl groups is 2. The van der Waals surface area contributed by atoms with Gasteiger partial charge in [0.15, 0.2) is 0 Å². The quantitative estimate of drug-likeness (QED) is 0.670. The number of nitrogens with zero attached hydrogens (tertiary/aromatic N) is 1. The van der Waals surface area contributed by atoms with Gasteiger partial charge in [-0.15, -0.1) is 0 Å². The third kappa shape index (κ3) is 1.82. The average Bonchev–Trinajstić information content (AvgIpc) is 2.17. The molecule has 0 heterocycles. The zero-order valence-corrected chi connectivity index (χ0v) is 6.44. The number of hydrogen-bond donors (Lipinski definition) is 2. The molecule has 0 spiro atoms. The predicted molar refractivity (Wildman–Crippen MR) is 43.2 cm³/mol. The summed E-state index contributed by atoms with van der Waals surface area (Å²) >= 11 is 0. The fourth-order valence-corrected chi connectivity index (χ4v) is 0.885. The maximum Gasteiger partial charge on any atom is 0.102 e. The molecular weight excluding hydrogens is 154 g/mol. The minimum absolute atomic E-state index is 0.300. The highest BCUT2D eigenvalue weighted by atomic mass is 16.3. The van der Waals surface area contributed by atoms with Crippen molar-refractivity contribution in [2.45, 2.75) is 6.10 Å². The molecular formula is C9H9NO2. The van der Waals surface area contributed by atoms with Crippen LogP contribution in [0.25, 0.3) is 0 Å². The molecule has 12 heavy (non-hydrogen) atoms. The monoisotopic (exact) mass is 163 g/mol. The fraction of sp³-hybridized carbons (Fsp3) is 0.222. The highest BCUT2D eigenvalue weighted by molar-refractivity contribution is 5.32. The van der Waals surface area contributed by atoms with Crippen molar-refractivity contribution in [3.8, 4) is 6.07 Å². The lowest BCUT2D eigenvalue weighted by Crippen LogP contribution is -2.01. The van der Waals surface area contributed by atoms with Gasteiger partial charge in [-0.25, -0.2) is 0 Å². The maximum absolute atomic E-state index is 9.16. The van der Waals surface area contributed by atoms with Crippen molar-refractivity contribution in [1.82, 2.24) is 0 Å². The van der Waals surface area contributed by atoms with Crippen molar-refractivity contribution in [2.24, 2.45) is 0 Å². The van der Waals surface area contributed by atoms with E-state index in [2.05, 4.69) is 0 Å². The topological polar surface area (TPSA) is 64.2 Å². The van der Waals surface area contributed by atoms with Crippen LogP contribution in [0.2, 0.25) is 0 Å². The Labute approximate surface area is 70.5 Å². The van der Waals surface area contributed by atoms with Gasteiger partial charge in [0.1, 0.15) is 6.10 Å². The summed E-state index contributed by atoms with van der Waals surface area (Å²) in [5.41, 5.74) is 1.17. The highest BCUT2D eigenvalue weighted by Crippen LogP contribution is 2.12. The Balaban J connectivity index is 2.86. The van der Waals surface area contributed by atoms with Crippen LogP contribution < -0.4 is 0 Å². The first-order valence-corrected chi connectivity index (χ1v) is 3.57. The lowest BCUT2D eigenvalue weighted by molar-refractivity contribution is 0.0956. The molecule has 62 valence electrons. The molecule has 1 aromatic carbocycles. The number of rotatable bonds is 2. The van der Waals surface area contributed by atoms with Gasteiger partial charge in [0, 0.05) is 0 Å². The minimum Gasteiger partial charge on any atom is -0.393 e. The van der Waals surface area contributed by atoms with Crippen LogP contribution in [0.3, 0.4) is 0 Å². The van der Waals surface area contributed by atoms with Gasteiger partial charge in [0.2, 0.25) is 0 Å². The molecule has 0 saturated heterocycles. The summed E-state index contributed by atoms with van der Waals surface area (Å²) in [6.45, 7) is -0.300. The van der Waals surface area contributed by atoms with Crippen LogP contribution in [0.1, 0.15) is 17.2 Å². The van der Waals surface area contributed by atoms with Crippen molar-refractivity contribution in [1.29, 1.82) is 5.26 Å². The first-order valence-electron chi connectivity index (χ1n) is 3.57. The Bertz CT molecular complexity index is 286. The van der Waals surface area contributed by atoms with Crippen LogP contribution >= 0.6 is 0 Å². The van der Waals surface area contributed by atoms with Gasteiger partial charge in [0.05, 0.1) is 18.2 Å². The molecule has 0 aliphatic rings. The Morgan fingerprint density at radius 2 is 1.92 bits per heavy atom. The van der Waals surface area contributed by atoms with Gasteiger partial charge in [0.25, 0.3) is 0 Å². The van der Waals surface area contributed by atoms with Gasteiger partial charge < -0.3 is 10.2 Å². The van der Waals surface area contributed by atoms with Gasteiger partial charge in [-0.3, -0.25) is 0 Å². The van der Waals surface area contributed by atoms with E-state index in [0.29, 0.717) is 11.1 Å². The van der Waals surface area contributed by atoms with Gasteiger partial charge in [-0.2, -0.15) is 5.26 Å². The summed E-state index contributed by atoms with van der Waals surface area (Å²) in [5.74, 6) is 0. The molecule has 3 heteroatoms. The van der Waals surface area contributed by atoms with Crippen LogP contribution in [0.4, 0.5) is 0 Å². The van der Waals surface area contributed by atoms with Gasteiger partial charge in [-0.05, 0) is 17.7 Å². The average molecular weight is 163 g/mol. The lowest BCUT2D eigenvalue weighted by atomic mass is 10.1. The summed E-state index contributed by atoms with van der Waals surface area (Å²) in [6.07, 6.45) is -0.849. The van der Waals surface area contributed by atoms with Crippen LogP contribution in [0, 0.1) is 11.3 Å². The van der Waals surface area contributed by atoms with Crippen molar-refractivity contribution in [3.05, 3.63) is 35.4 Å². The van der Waals surface area contributed by atoms with Gasteiger partial charge >= 0.3 is 0 Å². The second-order valence-corrected chi connectivity index (χ2v) is 2.43. The molecule has 0 unspecified atom stereocenters. The Hall–Kier alpha value is -1.37. The van der Waals surface area contributed by atoms with E-state index in [9.17, 15) is 0 Å². The SMILES string of the molecule is N#Cc1ccc([C@@H](O)CO)cc1. The smallest absolute Gasteiger partial charge is 0.102 e. The second-order valence-electron chi connectivity index (χ2n) is 2.43. The summed E-state index contributed by atoms with van der Waals surface area (Å²) < 4.78 is 0. The predicted octanol–water partition coefficient (Wildman–Crippen LogP) is 0.584. The molecule has 1 aromatic rings. The Morgan fingerprint density at radius 1 is 1.33 bits per heavy atom. The summed E-state index contributed by atoms with van der Waals surface area (Å²) in [7, 11) is 0. The van der Waals surface area contributed by atoms with Crippen LogP contribution in [-0.2, 0) is 0 Å². The highest BCUT2D eigenvalue weighted by Gasteiger charge is 2.04. The first-order chi connectivity index (χ1) is 5.77. The Morgan fingerprint density at radius 3 is 2.33 bits per heavy atom. The summed E-state index contributed by atoms with van der Waals surface area (Å²) in [5, 5.41) is 26.2. The third-order valence-electron chi connectivity index (χ3n) is 1.60. The molecule has 0 aliphatic heterocycles. The third-order valence-corrected chi connectivity index (χ3v) is 1.60. The van der Waals surface area contributed by atoms with Gasteiger partial charge in [-0.1, -0.05) is 12.1 Å². The van der Waals surface area contributed by atoms with E-state index in [-0.39, 0.29) is 6.61 Å². The molecule has 1 rings (SSSR count). The normalized spacial score (nSPS) is 12.1. The second kappa shape index (κ2) is 3.86. The first kappa shape index (κ1) is 8.72. The zero-order chi connectivity index (χ0) is 8.97. The van der Waals surface area contributed by atoms with Crippen molar-refractivity contribution >= 4 is 0 Å². The molecule has 0 saturated carbocycles. The largest absolute Gasteiger partial charge is 0.393 e. The molecule has 0 radical (unpaired) electrons. The number of aliphatic hydroxyl groups excluding tert-OH is 2. The molecule has 2 N–H and O–H groups in total. The zero-order valence-electron chi connectivity index (χ0n) is 6.44. The molecule has 0 bridgehead atoms. The molecule has 0 amide bonds. The van der Waals surface area contributed by atoms with E-state index in [1.807, 2.05) is 6.07 Å². The molecule has 3 nitrogen and oxygen atoms in total.